The van der Waals surface area contributed by atoms with Crippen molar-refractivity contribution in [2.75, 3.05) is 18.8 Å². The zero-order valence-corrected chi connectivity index (χ0v) is 47.2. The lowest BCUT2D eigenvalue weighted by Gasteiger charge is -2.35. The van der Waals surface area contributed by atoms with E-state index in [1.165, 1.54) is 33.5 Å². The second kappa shape index (κ2) is 27.5. The van der Waals surface area contributed by atoms with Crippen LogP contribution < -0.4 is 16.1 Å². The lowest BCUT2D eigenvalue weighted by Crippen LogP contribution is -2.55. The summed E-state index contributed by atoms with van der Waals surface area (Å²) in [5.74, 6) is 0.000508. The molecule has 1 unspecified atom stereocenters. The normalized spacial score (nSPS) is 16.2. The van der Waals surface area contributed by atoms with E-state index in [4.69, 9.17) is 9.47 Å². The predicted molar refractivity (Wildman–Crippen MR) is 315 cm³/mol. The molecule has 3 amide bonds. The summed E-state index contributed by atoms with van der Waals surface area (Å²) in [5.41, 5.74) is 5.17. The molecule has 1 fully saturated rings. The predicted octanol–water partition coefficient (Wildman–Crippen LogP) is 11.7. The number of hydrogen-bond donors (Lipinski definition) is 3. The molecule has 7 aromatic rings. The molecule has 1 aromatic heterocycles. The first-order valence-electron chi connectivity index (χ1n) is 25.8. The molecule has 0 saturated carbocycles. The molecule has 1 atom stereocenters. The number of Topliss-reactive ketones (excluding diaryl/α,β-unsaturated/α-hetero) is 1. The molecular weight excluding hydrogens is 1050 g/mol. The van der Waals surface area contributed by atoms with Crippen LogP contribution in [0.1, 0.15) is 101 Å². The van der Waals surface area contributed by atoms with Gasteiger partial charge < -0.3 is 9.47 Å². The largest absolute Gasteiger partial charge is 0.443 e. The molecular formula is C63H64FN7O7S2. The van der Waals surface area contributed by atoms with E-state index in [0.29, 0.717) is 39.9 Å². The number of esters is 1. The van der Waals surface area contributed by atoms with Crippen molar-refractivity contribution in [1.82, 2.24) is 26.1 Å². The highest BCUT2D eigenvalue weighted by Gasteiger charge is 2.48. The van der Waals surface area contributed by atoms with Crippen LogP contribution in [0.25, 0.3) is 6.08 Å². The van der Waals surface area contributed by atoms with Crippen molar-refractivity contribution in [3.8, 4) is 0 Å². The number of carbonyl (C=O) groups is 5. The Labute approximate surface area is 474 Å². The average molecular weight is 1110 g/mol. The number of hydrogen-bond acceptors (Lipinski definition) is 13. The number of aliphatic imine (C=N–C) groups is 1. The standard InChI is InChI=1S/C20H21FN2O2.C18H20N2O2.C14H9NO2S.C11H14N2OS/c1-19(2,3)18(24)23-20(4,15-10-12-16(21)13-11-15)25-17(22-23)14-8-6-5-7-9-14;1-18(2,3)20(17(22)15-12-8-5-9-13-15)19-16(21)14-10-6-4-7-11-14;16-14-11(9-10-5-2-1-3-6-10)15-13(17-14)12-7-4-8-18-12;14-10(9-4-2-1-3-5-9)8-15-11-12-6-7-13-11/h5-13H,1-4H3;4-13H,1-3H3,(H,19,21);1-9H;1-5,11-13H,6-8H2/b;;11-9+;. The molecule has 6 aromatic carbocycles. The minimum Gasteiger partial charge on any atom is -0.443 e. The van der Waals surface area contributed by atoms with Crippen molar-refractivity contribution in [1.29, 1.82) is 0 Å². The maximum absolute atomic E-state index is 13.3. The number of benzene rings is 6. The number of nitrogens with zero attached hydrogens (tertiary/aromatic N) is 4. The van der Waals surface area contributed by atoms with Crippen LogP contribution in [0.15, 0.2) is 209 Å². The zero-order valence-electron chi connectivity index (χ0n) is 45.6. The molecule has 0 spiro atoms. The lowest BCUT2D eigenvalue weighted by atomic mass is 9.93. The van der Waals surface area contributed by atoms with Gasteiger partial charge in [-0.25, -0.2) is 19.2 Å². The Morgan fingerprint density at radius 2 is 1.26 bits per heavy atom. The highest BCUT2D eigenvalue weighted by atomic mass is 32.2. The topological polar surface area (TPSA) is 171 Å². The van der Waals surface area contributed by atoms with Gasteiger partial charge in [0.2, 0.25) is 17.5 Å². The zero-order chi connectivity index (χ0) is 57.3. The number of thiophene rings is 1. The molecule has 3 N–H and O–H groups in total. The van der Waals surface area contributed by atoms with E-state index in [-0.39, 0.29) is 34.8 Å². The van der Waals surface area contributed by atoms with Crippen LogP contribution in [0.4, 0.5) is 4.39 Å². The van der Waals surface area contributed by atoms with Crippen LogP contribution in [0.2, 0.25) is 0 Å². The minimum absolute atomic E-state index is 0.176. The molecule has 0 radical (unpaired) electrons. The fourth-order valence-corrected chi connectivity index (χ4v) is 9.31. The minimum atomic E-state index is -1.14. The Balaban J connectivity index is 0.000000157. The van der Waals surface area contributed by atoms with Crippen LogP contribution in [0, 0.1) is 11.2 Å². The van der Waals surface area contributed by atoms with Gasteiger partial charge in [-0.15, -0.1) is 28.2 Å². The van der Waals surface area contributed by atoms with Gasteiger partial charge in [-0.1, -0.05) is 154 Å². The van der Waals surface area contributed by atoms with E-state index in [2.05, 4.69) is 26.2 Å². The van der Waals surface area contributed by atoms with Gasteiger partial charge in [0.25, 0.3) is 17.7 Å². The molecule has 0 bridgehead atoms. The maximum atomic E-state index is 13.3. The summed E-state index contributed by atoms with van der Waals surface area (Å²) >= 11 is 3.11. The van der Waals surface area contributed by atoms with Crippen molar-refractivity contribution >= 4 is 70.4 Å². The van der Waals surface area contributed by atoms with Crippen LogP contribution >= 0.6 is 23.1 Å². The Morgan fingerprint density at radius 1 is 0.725 bits per heavy atom. The Bertz CT molecular complexity index is 3280. The van der Waals surface area contributed by atoms with Crippen molar-refractivity contribution in [2.24, 2.45) is 15.5 Å². The lowest BCUT2D eigenvalue weighted by molar-refractivity contribution is -0.157. The second-order valence-corrected chi connectivity index (χ2v) is 22.4. The monoisotopic (exact) mass is 1110 g/mol. The molecule has 412 valence electrons. The van der Waals surface area contributed by atoms with E-state index >= 15 is 0 Å². The third-order valence-electron chi connectivity index (χ3n) is 12.0. The average Bonchev–Trinajstić information content (AvgIpc) is 4.46. The van der Waals surface area contributed by atoms with Gasteiger partial charge in [0, 0.05) is 53.2 Å². The molecule has 80 heavy (non-hydrogen) atoms. The van der Waals surface area contributed by atoms with Crippen molar-refractivity contribution < 1.29 is 37.8 Å². The maximum Gasteiger partial charge on any atom is 0.363 e. The summed E-state index contributed by atoms with van der Waals surface area (Å²) < 4.78 is 24.6. The van der Waals surface area contributed by atoms with Gasteiger partial charge in [-0.2, -0.15) is 5.01 Å². The Morgan fingerprint density at radius 3 is 1.80 bits per heavy atom. The van der Waals surface area contributed by atoms with Gasteiger partial charge in [-0.05, 0) is 92.4 Å². The van der Waals surface area contributed by atoms with Crippen LogP contribution in [-0.2, 0) is 24.8 Å². The number of ketones is 1. The third kappa shape index (κ3) is 16.4. The van der Waals surface area contributed by atoms with Crippen molar-refractivity contribution in [2.45, 2.75) is 65.2 Å². The quantitative estimate of drug-likeness (QED) is 0.0518. The molecule has 3 aliphatic heterocycles. The number of ether oxygens (including phenoxy) is 2. The van der Waals surface area contributed by atoms with Crippen molar-refractivity contribution in [3.05, 3.63) is 243 Å². The highest BCUT2D eigenvalue weighted by Crippen LogP contribution is 2.39. The number of cyclic esters (lactones) is 1. The van der Waals surface area contributed by atoms with E-state index in [1.54, 1.807) is 85.4 Å². The number of halogens is 1. The van der Waals surface area contributed by atoms with Crippen LogP contribution in [-0.4, -0.2) is 81.2 Å². The molecule has 3 aliphatic rings. The fraction of sp³-hybridized carbons (Fsp3) is 0.222. The summed E-state index contributed by atoms with van der Waals surface area (Å²) in [6, 6.07) is 55.9. The molecule has 0 aliphatic carbocycles. The highest BCUT2D eigenvalue weighted by molar-refractivity contribution is 8.00. The molecule has 4 heterocycles. The summed E-state index contributed by atoms with van der Waals surface area (Å²) in [5, 5.41) is 15.6. The Kier molecular flexibility index (Phi) is 20.4. The number of rotatable bonds is 10. The fourth-order valence-electron chi connectivity index (χ4n) is 7.71. The summed E-state index contributed by atoms with van der Waals surface area (Å²) in [6.07, 6.45) is 1.73. The van der Waals surface area contributed by atoms with E-state index in [9.17, 15) is 28.4 Å². The van der Waals surface area contributed by atoms with Crippen molar-refractivity contribution in [3.63, 3.8) is 0 Å². The number of hydrazone groups is 1. The van der Waals surface area contributed by atoms with E-state index in [0.717, 1.165) is 34.7 Å². The Hall–Kier alpha value is -8.35. The van der Waals surface area contributed by atoms with Gasteiger partial charge in [0.05, 0.1) is 16.2 Å². The van der Waals surface area contributed by atoms with Crippen LogP contribution in [0.3, 0.4) is 0 Å². The first-order chi connectivity index (χ1) is 38.3. The van der Waals surface area contributed by atoms with Gasteiger partial charge in [0.15, 0.2) is 11.5 Å². The smallest absolute Gasteiger partial charge is 0.363 e. The number of carbonyl (C=O) groups excluding carboxylic acids is 5. The number of amides is 3. The summed E-state index contributed by atoms with van der Waals surface area (Å²) in [7, 11) is 0. The van der Waals surface area contributed by atoms with E-state index in [1.807, 2.05) is 162 Å². The van der Waals surface area contributed by atoms with E-state index < -0.39 is 22.6 Å². The summed E-state index contributed by atoms with van der Waals surface area (Å²) in [4.78, 5) is 66.5. The molecule has 1 saturated heterocycles. The molecule has 14 nitrogen and oxygen atoms in total. The second-order valence-electron chi connectivity index (χ2n) is 20.3. The number of hydrazine groups is 1. The first-order valence-corrected chi connectivity index (χ1v) is 27.7. The van der Waals surface area contributed by atoms with Crippen LogP contribution in [0.5, 0.6) is 0 Å². The number of thioether (sulfide) groups is 1. The summed E-state index contributed by atoms with van der Waals surface area (Å²) in [6.45, 7) is 14.8. The van der Waals surface area contributed by atoms with Gasteiger partial charge in [-0.3, -0.25) is 35.2 Å². The van der Waals surface area contributed by atoms with Gasteiger partial charge in [0.1, 0.15) is 11.3 Å². The first kappa shape index (κ1) is 59.3. The van der Waals surface area contributed by atoms with Gasteiger partial charge >= 0.3 is 5.97 Å². The third-order valence-corrected chi connectivity index (χ3v) is 13.9. The molecule has 10 rings (SSSR count). The number of nitrogens with one attached hydrogen (secondary N) is 3. The SMILES string of the molecule is CC(C)(C)C(=O)N1N=C(c2ccccc2)OC1(C)c1ccc(F)cc1.CC(C)(C)N(NC(=O)c1ccccc1)C(=O)c1ccccc1.O=C(CSC1NCCN1)c1ccccc1.O=C1OC(c2cccs2)=N/C1=C/c1ccccc1. The molecule has 17 heteroatoms.